The van der Waals surface area contributed by atoms with Crippen molar-refractivity contribution >= 4 is 47.4 Å². The van der Waals surface area contributed by atoms with E-state index in [-0.39, 0.29) is 90.3 Å². The van der Waals surface area contributed by atoms with Crippen molar-refractivity contribution in [3.8, 4) is 0 Å². The first-order chi connectivity index (χ1) is 35.1. The first-order valence-corrected chi connectivity index (χ1v) is 24.9. The number of methoxy groups -OCH3 is 1. The van der Waals surface area contributed by atoms with E-state index in [0.29, 0.717) is 119 Å². The number of nitrogens with one attached hydrogen (secondary N) is 4. The molecular formula is C48H83N5O20. The molecule has 2 atom stereocenters. The van der Waals surface area contributed by atoms with Crippen LogP contribution in [-0.4, -0.2) is 227 Å². The summed E-state index contributed by atoms with van der Waals surface area (Å²) in [6.45, 7) is 13.0. The number of unbranched alkanes of at least 4 members (excludes halogenated alkanes) is 1. The van der Waals surface area contributed by atoms with Gasteiger partial charge in [0.1, 0.15) is 24.3 Å². The molecule has 0 aromatic rings. The lowest BCUT2D eigenvalue weighted by Crippen LogP contribution is -2.47. The van der Waals surface area contributed by atoms with Crippen molar-refractivity contribution in [2.24, 2.45) is 0 Å². The second-order valence-corrected chi connectivity index (χ2v) is 17.2. The number of carbonyl (C=O) groups is 8. The minimum atomic E-state index is -1.31. The SMILES string of the molecule is COCCOCCOCCOCCOCCOCCOCCOCCOCCOCC(=O)NCCCC[C@@H](NC(=O)CCCN1C(=O)C=CC1=O)C(=O)NCCCC(=O)N[C@H](CCC(=O)OC(C)(C)C)C(=O)O. The highest BCUT2D eigenvalue weighted by Gasteiger charge is 2.26. The van der Waals surface area contributed by atoms with Crippen LogP contribution in [0.4, 0.5) is 0 Å². The molecule has 0 radical (unpaired) electrons. The molecule has 420 valence electrons. The highest BCUT2D eigenvalue weighted by atomic mass is 16.6. The van der Waals surface area contributed by atoms with E-state index in [1.165, 1.54) is 0 Å². The number of ether oxygens (including phenoxy) is 11. The molecule has 1 rings (SSSR count). The van der Waals surface area contributed by atoms with Crippen LogP contribution in [0.2, 0.25) is 0 Å². The second kappa shape index (κ2) is 43.7. The smallest absolute Gasteiger partial charge is 0.326 e. The molecule has 1 aliphatic heterocycles. The lowest BCUT2D eigenvalue weighted by molar-refractivity contribution is -0.155. The van der Waals surface area contributed by atoms with E-state index < -0.39 is 59.2 Å². The molecule has 0 unspecified atom stereocenters. The third kappa shape index (κ3) is 39.4. The molecule has 0 aromatic heterocycles. The average molecular weight is 1050 g/mol. The second-order valence-electron chi connectivity index (χ2n) is 17.2. The summed E-state index contributed by atoms with van der Waals surface area (Å²) in [6, 6.07) is -2.28. The number of esters is 1. The minimum Gasteiger partial charge on any atom is -0.480 e. The van der Waals surface area contributed by atoms with E-state index in [1.54, 1.807) is 27.9 Å². The summed E-state index contributed by atoms with van der Waals surface area (Å²) < 4.78 is 59.0. The van der Waals surface area contributed by atoms with Crippen molar-refractivity contribution in [3.63, 3.8) is 0 Å². The van der Waals surface area contributed by atoms with Crippen molar-refractivity contribution in [1.29, 1.82) is 0 Å². The molecule has 1 heterocycles. The van der Waals surface area contributed by atoms with Gasteiger partial charge in [0, 0.05) is 58.2 Å². The van der Waals surface area contributed by atoms with Gasteiger partial charge in [0.25, 0.3) is 11.8 Å². The Morgan fingerprint density at radius 3 is 1.40 bits per heavy atom. The van der Waals surface area contributed by atoms with Gasteiger partial charge in [0.2, 0.25) is 23.6 Å². The maximum absolute atomic E-state index is 13.2. The van der Waals surface area contributed by atoms with E-state index >= 15 is 0 Å². The van der Waals surface area contributed by atoms with Crippen LogP contribution in [0.25, 0.3) is 0 Å². The average Bonchev–Trinajstić information content (AvgIpc) is 3.66. The topological polar surface area (TPSA) is 310 Å². The van der Waals surface area contributed by atoms with Gasteiger partial charge in [-0.15, -0.1) is 0 Å². The third-order valence-corrected chi connectivity index (χ3v) is 9.79. The van der Waals surface area contributed by atoms with E-state index in [1.807, 2.05) is 0 Å². The Bertz CT molecular complexity index is 1580. The molecule has 1 aliphatic rings. The van der Waals surface area contributed by atoms with Gasteiger partial charge >= 0.3 is 11.9 Å². The Kier molecular flexibility index (Phi) is 39.7. The van der Waals surface area contributed by atoms with Crippen molar-refractivity contribution in [3.05, 3.63) is 12.2 Å². The van der Waals surface area contributed by atoms with Crippen molar-refractivity contribution in [2.45, 2.75) is 96.2 Å². The van der Waals surface area contributed by atoms with Crippen LogP contribution in [-0.2, 0) is 90.5 Å². The van der Waals surface area contributed by atoms with Gasteiger partial charge in [-0.25, -0.2) is 4.79 Å². The Morgan fingerprint density at radius 2 is 0.945 bits per heavy atom. The summed E-state index contributed by atoms with van der Waals surface area (Å²) in [6.07, 6.45) is 3.17. The predicted molar refractivity (Wildman–Crippen MR) is 260 cm³/mol. The lowest BCUT2D eigenvalue weighted by atomic mass is 10.1. The zero-order valence-corrected chi connectivity index (χ0v) is 43.4. The van der Waals surface area contributed by atoms with Gasteiger partial charge in [-0.1, -0.05) is 0 Å². The van der Waals surface area contributed by atoms with Crippen molar-refractivity contribution in [1.82, 2.24) is 26.2 Å². The van der Waals surface area contributed by atoms with Gasteiger partial charge in [-0.2, -0.15) is 0 Å². The quantitative estimate of drug-likeness (QED) is 0.0301. The molecule has 25 heteroatoms. The zero-order chi connectivity index (χ0) is 53.8. The number of hydrogen-bond donors (Lipinski definition) is 5. The van der Waals surface area contributed by atoms with E-state index in [0.717, 1.165) is 17.1 Å². The van der Waals surface area contributed by atoms with Crippen LogP contribution in [0.1, 0.15) is 78.6 Å². The van der Waals surface area contributed by atoms with Gasteiger partial charge in [-0.05, 0) is 59.3 Å². The monoisotopic (exact) mass is 1050 g/mol. The molecule has 73 heavy (non-hydrogen) atoms. The third-order valence-electron chi connectivity index (χ3n) is 9.79. The Balaban J connectivity index is 2.19. The summed E-state index contributed by atoms with van der Waals surface area (Å²) in [4.78, 5) is 99.2. The van der Waals surface area contributed by atoms with Crippen LogP contribution in [0.5, 0.6) is 0 Å². The highest BCUT2D eigenvalue weighted by Crippen LogP contribution is 2.11. The Hall–Kier alpha value is -4.70. The standard InChI is InChI=1S/C48H83N5O20/c1-48(2,3)73-45(59)15-12-39(47(61)62)52-40(54)10-7-17-50-46(60)38(51-41(55)11-8-18-53-43(57)13-14-44(53)58)9-5-6-16-49-42(56)37-72-36-35-71-34-33-70-32-31-69-30-29-68-28-27-67-26-25-66-24-23-65-22-21-64-20-19-63-4/h13-14,38-39H,5-12,15-37H2,1-4H3,(H,49,56)(H,50,60)(H,51,55)(H,52,54)(H,61,62)/t38-,39-/m1/s1. The van der Waals surface area contributed by atoms with E-state index in [9.17, 15) is 43.5 Å². The predicted octanol–water partition coefficient (Wildman–Crippen LogP) is -0.154. The minimum absolute atomic E-state index is 0.0322. The largest absolute Gasteiger partial charge is 0.480 e. The fourth-order valence-corrected chi connectivity index (χ4v) is 6.17. The van der Waals surface area contributed by atoms with Crippen LogP contribution < -0.4 is 21.3 Å². The van der Waals surface area contributed by atoms with Crippen molar-refractivity contribution < 1.29 is 95.6 Å². The van der Waals surface area contributed by atoms with Crippen LogP contribution in [0.15, 0.2) is 12.2 Å². The number of carboxylic acids is 1. The lowest BCUT2D eigenvalue weighted by Gasteiger charge is -2.20. The van der Waals surface area contributed by atoms with Gasteiger partial charge in [0.15, 0.2) is 0 Å². The number of aliphatic carboxylic acids is 1. The molecular weight excluding hydrogens is 967 g/mol. The maximum atomic E-state index is 13.2. The fraction of sp³-hybridized carbons (Fsp3) is 0.792. The van der Waals surface area contributed by atoms with Gasteiger partial charge < -0.3 is 78.5 Å². The first-order valence-electron chi connectivity index (χ1n) is 24.9. The number of hydrogen-bond acceptors (Lipinski definition) is 19. The first kappa shape index (κ1) is 66.3. The molecule has 5 N–H and O–H groups in total. The van der Waals surface area contributed by atoms with Crippen LogP contribution in [0.3, 0.4) is 0 Å². The number of amides is 6. The molecule has 0 fully saturated rings. The number of carboxylic acid groups (broad SMARTS) is 1. The summed E-state index contributed by atoms with van der Waals surface area (Å²) in [5, 5.41) is 20.0. The molecule has 25 nitrogen and oxygen atoms in total. The number of imide groups is 1. The van der Waals surface area contributed by atoms with Crippen molar-refractivity contribution in [2.75, 3.05) is 152 Å². The normalized spacial score (nSPS) is 13.2. The molecule has 6 amide bonds. The molecule has 0 saturated heterocycles. The zero-order valence-electron chi connectivity index (χ0n) is 43.4. The maximum Gasteiger partial charge on any atom is 0.326 e. The number of nitrogens with zero attached hydrogens (tertiary/aromatic N) is 1. The van der Waals surface area contributed by atoms with Gasteiger partial charge in [-0.3, -0.25) is 38.5 Å². The highest BCUT2D eigenvalue weighted by molar-refractivity contribution is 6.12. The molecule has 0 saturated carbocycles. The van der Waals surface area contributed by atoms with Crippen LogP contribution in [0, 0.1) is 0 Å². The van der Waals surface area contributed by atoms with E-state index in [2.05, 4.69) is 21.3 Å². The molecule has 0 aliphatic carbocycles. The van der Waals surface area contributed by atoms with Gasteiger partial charge in [0.05, 0.1) is 119 Å². The fourth-order valence-electron chi connectivity index (χ4n) is 6.17. The molecule has 0 bridgehead atoms. The summed E-state index contributed by atoms with van der Waals surface area (Å²) in [7, 11) is 1.63. The summed E-state index contributed by atoms with van der Waals surface area (Å²) in [5.74, 6) is -4.76. The molecule has 0 spiro atoms. The Labute approximate surface area is 428 Å². The molecule has 0 aromatic carbocycles. The number of carbonyl (C=O) groups excluding carboxylic acids is 7. The number of rotatable bonds is 49. The summed E-state index contributed by atoms with van der Waals surface area (Å²) in [5.41, 5.74) is -0.741. The van der Waals surface area contributed by atoms with E-state index in [4.69, 9.17) is 52.1 Å². The Morgan fingerprint density at radius 1 is 0.521 bits per heavy atom. The summed E-state index contributed by atoms with van der Waals surface area (Å²) >= 11 is 0. The van der Waals surface area contributed by atoms with Crippen LogP contribution >= 0.6 is 0 Å².